The second kappa shape index (κ2) is 4.49. The minimum atomic E-state index is -0.608. The first-order chi connectivity index (χ1) is 10.1. The molecule has 0 aliphatic heterocycles. The number of benzene rings is 2. The van der Waals surface area contributed by atoms with E-state index < -0.39 is 11.6 Å². The molecular formula is C16H12F2N2S. The Bertz CT molecular complexity index is 910. The van der Waals surface area contributed by atoms with Crippen LogP contribution in [0.15, 0.2) is 36.4 Å². The lowest BCUT2D eigenvalue weighted by atomic mass is 9.77. The highest BCUT2D eigenvalue weighted by molar-refractivity contribution is 7.71. The first-order valence-corrected chi connectivity index (χ1v) is 7.19. The van der Waals surface area contributed by atoms with Crippen LogP contribution in [0.1, 0.15) is 17.0 Å². The van der Waals surface area contributed by atoms with Crippen molar-refractivity contribution in [1.82, 2.24) is 9.55 Å². The van der Waals surface area contributed by atoms with Gasteiger partial charge >= 0.3 is 0 Å². The number of aromatic nitrogens is 2. The van der Waals surface area contributed by atoms with Crippen molar-refractivity contribution in [3.05, 3.63) is 63.9 Å². The maximum atomic E-state index is 13.8. The van der Waals surface area contributed by atoms with Gasteiger partial charge in [-0.2, -0.15) is 0 Å². The zero-order chi connectivity index (χ0) is 14.6. The Kier molecular flexibility index (Phi) is 2.72. The van der Waals surface area contributed by atoms with Crippen LogP contribution in [0, 0.1) is 16.4 Å². The molecule has 0 spiro atoms. The van der Waals surface area contributed by atoms with Gasteiger partial charge in [0.15, 0.2) is 10.6 Å². The topological polar surface area (TPSA) is 20.7 Å². The standard InChI is InChI=1S/C16H12F2N2S/c17-11-6-13(18)15-14(7-11)20(16(21)19-15)8-10-5-9-3-1-2-4-12(9)10/h1-4,6-7,10H,5,8H2,(H,19,21). The molecule has 1 atom stereocenters. The predicted molar refractivity (Wildman–Crippen MR) is 79.9 cm³/mol. The Hall–Kier alpha value is -2.01. The number of fused-ring (bicyclic) bond motifs is 2. The Morgan fingerprint density at radius 1 is 1.24 bits per heavy atom. The SMILES string of the molecule is Fc1cc(F)c2[nH]c(=S)n(CC3Cc4ccccc43)c2c1. The molecule has 21 heavy (non-hydrogen) atoms. The molecule has 1 aliphatic carbocycles. The number of rotatable bonds is 2. The van der Waals surface area contributed by atoms with Gasteiger partial charge in [-0.15, -0.1) is 0 Å². The lowest BCUT2D eigenvalue weighted by Crippen LogP contribution is -2.21. The third kappa shape index (κ3) is 1.92. The quantitative estimate of drug-likeness (QED) is 0.699. The van der Waals surface area contributed by atoms with Gasteiger partial charge < -0.3 is 9.55 Å². The summed E-state index contributed by atoms with van der Waals surface area (Å²) in [5.74, 6) is -0.848. The van der Waals surface area contributed by atoms with Gasteiger partial charge in [-0.25, -0.2) is 8.78 Å². The van der Waals surface area contributed by atoms with Gasteiger partial charge in [0.25, 0.3) is 0 Å². The van der Waals surface area contributed by atoms with Gasteiger partial charge in [-0.05, 0) is 35.8 Å². The number of halogens is 2. The van der Waals surface area contributed by atoms with Crippen molar-refractivity contribution in [2.75, 3.05) is 0 Å². The summed E-state index contributed by atoms with van der Waals surface area (Å²) in [6.45, 7) is 0.638. The van der Waals surface area contributed by atoms with Crippen LogP contribution in [0.4, 0.5) is 8.78 Å². The van der Waals surface area contributed by atoms with Crippen LogP contribution in [-0.2, 0) is 13.0 Å². The lowest BCUT2D eigenvalue weighted by Gasteiger charge is -2.30. The molecule has 0 bridgehead atoms. The first kappa shape index (κ1) is 12.7. The Labute approximate surface area is 125 Å². The maximum absolute atomic E-state index is 13.8. The fourth-order valence-corrected chi connectivity index (χ4v) is 3.38. The number of hydrogen-bond donors (Lipinski definition) is 1. The largest absolute Gasteiger partial charge is 0.328 e. The van der Waals surface area contributed by atoms with Crippen LogP contribution in [0.25, 0.3) is 11.0 Å². The molecule has 3 aromatic rings. The molecule has 1 aliphatic rings. The van der Waals surface area contributed by atoms with Crippen LogP contribution in [0.2, 0.25) is 0 Å². The zero-order valence-corrected chi connectivity index (χ0v) is 11.9. The van der Waals surface area contributed by atoms with E-state index in [1.54, 1.807) is 4.57 Å². The molecule has 0 fully saturated rings. The van der Waals surface area contributed by atoms with Crippen LogP contribution < -0.4 is 0 Å². The van der Waals surface area contributed by atoms with E-state index in [-0.39, 0.29) is 5.52 Å². The van der Waals surface area contributed by atoms with Crippen molar-refractivity contribution < 1.29 is 8.78 Å². The maximum Gasteiger partial charge on any atom is 0.178 e. The molecule has 0 saturated heterocycles. The Morgan fingerprint density at radius 2 is 2.05 bits per heavy atom. The van der Waals surface area contributed by atoms with Crippen molar-refractivity contribution in [2.45, 2.75) is 18.9 Å². The summed E-state index contributed by atoms with van der Waals surface area (Å²) in [5, 5.41) is 0. The van der Waals surface area contributed by atoms with Crippen molar-refractivity contribution in [2.24, 2.45) is 0 Å². The smallest absolute Gasteiger partial charge is 0.178 e. The predicted octanol–water partition coefficient (Wildman–Crippen LogP) is 4.32. The average molecular weight is 302 g/mol. The summed E-state index contributed by atoms with van der Waals surface area (Å²) < 4.78 is 29.5. The summed E-state index contributed by atoms with van der Waals surface area (Å²) in [6.07, 6.45) is 0.975. The molecule has 0 amide bonds. The number of hydrogen-bond acceptors (Lipinski definition) is 1. The molecule has 1 unspecified atom stereocenters. The van der Waals surface area contributed by atoms with E-state index in [0.717, 1.165) is 12.5 Å². The van der Waals surface area contributed by atoms with Gasteiger partial charge in [-0.1, -0.05) is 24.3 Å². The summed E-state index contributed by atoms with van der Waals surface area (Å²) >= 11 is 5.26. The lowest BCUT2D eigenvalue weighted by molar-refractivity contribution is 0.512. The molecular weight excluding hydrogens is 290 g/mol. The Balaban J connectivity index is 1.78. The van der Waals surface area contributed by atoms with Gasteiger partial charge in [0.05, 0.1) is 5.52 Å². The number of aromatic amines is 1. The van der Waals surface area contributed by atoms with E-state index in [0.29, 0.717) is 22.8 Å². The van der Waals surface area contributed by atoms with Gasteiger partial charge in [0, 0.05) is 18.5 Å². The molecule has 5 heteroatoms. The van der Waals surface area contributed by atoms with E-state index in [1.165, 1.54) is 17.2 Å². The number of H-pyrrole nitrogens is 1. The second-order valence-corrected chi connectivity index (χ2v) is 5.81. The molecule has 0 radical (unpaired) electrons. The Morgan fingerprint density at radius 3 is 2.86 bits per heavy atom. The number of nitrogens with one attached hydrogen (secondary N) is 1. The third-order valence-corrected chi connectivity index (χ3v) is 4.49. The zero-order valence-electron chi connectivity index (χ0n) is 11.1. The number of nitrogens with zero attached hydrogens (tertiary/aromatic N) is 1. The fraction of sp³-hybridized carbons (Fsp3) is 0.188. The van der Waals surface area contributed by atoms with Crippen LogP contribution in [0.5, 0.6) is 0 Å². The summed E-state index contributed by atoms with van der Waals surface area (Å²) in [7, 11) is 0. The van der Waals surface area contributed by atoms with Crippen LogP contribution >= 0.6 is 12.2 Å². The number of imidazole rings is 1. The van der Waals surface area contributed by atoms with Crippen molar-refractivity contribution in [3.8, 4) is 0 Å². The minimum Gasteiger partial charge on any atom is -0.328 e. The van der Waals surface area contributed by atoms with Crippen LogP contribution in [0.3, 0.4) is 0 Å². The molecule has 4 rings (SSSR count). The summed E-state index contributed by atoms with van der Waals surface area (Å²) in [4.78, 5) is 2.84. The van der Waals surface area contributed by atoms with E-state index in [9.17, 15) is 8.78 Å². The van der Waals surface area contributed by atoms with Crippen molar-refractivity contribution in [1.29, 1.82) is 0 Å². The minimum absolute atomic E-state index is 0.272. The van der Waals surface area contributed by atoms with Gasteiger partial charge in [0.2, 0.25) is 0 Å². The van der Waals surface area contributed by atoms with Gasteiger partial charge in [0.1, 0.15) is 11.3 Å². The molecule has 0 saturated carbocycles. The normalized spacial score (nSPS) is 16.8. The fourth-order valence-electron chi connectivity index (χ4n) is 3.11. The molecule has 1 N–H and O–H groups in total. The molecule has 2 nitrogen and oxygen atoms in total. The van der Waals surface area contributed by atoms with Crippen molar-refractivity contribution >= 4 is 23.3 Å². The van der Waals surface area contributed by atoms with Crippen LogP contribution in [-0.4, -0.2) is 9.55 Å². The monoisotopic (exact) mass is 302 g/mol. The van der Waals surface area contributed by atoms with Crippen molar-refractivity contribution in [3.63, 3.8) is 0 Å². The second-order valence-electron chi connectivity index (χ2n) is 5.42. The molecule has 1 aromatic heterocycles. The summed E-state index contributed by atoms with van der Waals surface area (Å²) in [5.41, 5.74) is 3.40. The van der Waals surface area contributed by atoms with E-state index in [1.807, 2.05) is 12.1 Å². The first-order valence-electron chi connectivity index (χ1n) is 6.79. The highest BCUT2D eigenvalue weighted by Crippen LogP contribution is 2.36. The molecule has 1 heterocycles. The average Bonchev–Trinajstić information content (AvgIpc) is 2.73. The summed E-state index contributed by atoms with van der Waals surface area (Å²) in [6, 6.07) is 10.4. The highest BCUT2D eigenvalue weighted by atomic mass is 32.1. The third-order valence-electron chi connectivity index (χ3n) is 4.17. The van der Waals surface area contributed by atoms with E-state index in [2.05, 4.69) is 17.1 Å². The molecule has 106 valence electrons. The van der Waals surface area contributed by atoms with Gasteiger partial charge in [-0.3, -0.25) is 0 Å². The van der Waals surface area contributed by atoms with E-state index in [4.69, 9.17) is 12.2 Å². The highest BCUT2D eigenvalue weighted by Gasteiger charge is 2.26. The van der Waals surface area contributed by atoms with E-state index >= 15 is 0 Å². The molecule has 2 aromatic carbocycles.